The van der Waals surface area contributed by atoms with Crippen molar-refractivity contribution in [2.45, 2.75) is 38.1 Å². The summed E-state index contributed by atoms with van der Waals surface area (Å²) in [5, 5.41) is 12.9. The Hall–Kier alpha value is -0.570. The van der Waals surface area contributed by atoms with Crippen LogP contribution in [0.4, 0.5) is 0 Å². The van der Waals surface area contributed by atoms with Crippen molar-refractivity contribution in [3.8, 4) is 0 Å². The zero-order chi connectivity index (χ0) is 10.3. The molecule has 0 aromatic heterocycles. The van der Waals surface area contributed by atoms with Crippen LogP contribution in [0.25, 0.3) is 0 Å². The van der Waals surface area contributed by atoms with Crippen LogP contribution in [0.2, 0.25) is 0 Å². The molecule has 3 nitrogen and oxygen atoms in total. The maximum absolute atomic E-state index is 9.24. The Morgan fingerprint density at radius 3 is 2.40 bits per heavy atom. The molecule has 1 unspecified atom stereocenters. The molecule has 2 saturated carbocycles. The molecule has 2 aliphatic carbocycles. The first-order valence-corrected chi connectivity index (χ1v) is 6.30. The summed E-state index contributed by atoms with van der Waals surface area (Å²) in [7, 11) is 0. The van der Waals surface area contributed by atoms with Crippen molar-refractivity contribution in [3.63, 3.8) is 0 Å². The smallest absolute Gasteiger partial charge is 0.102 e. The molecule has 84 valence electrons. The molecule has 0 spiro atoms. The molecule has 2 fully saturated rings. The van der Waals surface area contributed by atoms with Gasteiger partial charge in [-0.15, -0.1) is 0 Å². The second-order valence-electron chi connectivity index (χ2n) is 5.28. The molecular formula is C12H20N2O. The largest absolute Gasteiger partial charge is 0.396 e. The van der Waals surface area contributed by atoms with E-state index in [0.717, 1.165) is 30.6 Å². The van der Waals surface area contributed by atoms with Gasteiger partial charge in [0.05, 0.1) is 6.61 Å². The van der Waals surface area contributed by atoms with E-state index in [-0.39, 0.29) is 6.61 Å². The Morgan fingerprint density at radius 2 is 1.87 bits per heavy atom. The van der Waals surface area contributed by atoms with E-state index in [0.29, 0.717) is 12.0 Å². The lowest BCUT2D eigenvalue weighted by molar-refractivity contribution is 0.258. The molecule has 0 saturated heterocycles. The van der Waals surface area contributed by atoms with Gasteiger partial charge in [-0.05, 0) is 43.9 Å². The van der Waals surface area contributed by atoms with Crippen molar-refractivity contribution >= 4 is 5.84 Å². The fourth-order valence-electron chi connectivity index (χ4n) is 2.65. The van der Waals surface area contributed by atoms with Gasteiger partial charge in [0.25, 0.3) is 0 Å². The minimum absolute atomic E-state index is 0.258. The lowest BCUT2D eigenvalue weighted by atomic mass is 10.0. The zero-order valence-corrected chi connectivity index (χ0v) is 9.15. The number of nitrogens with one attached hydrogen (secondary N) is 1. The number of hydrogen-bond acceptors (Lipinski definition) is 3. The van der Waals surface area contributed by atoms with Crippen molar-refractivity contribution < 1.29 is 5.11 Å². The van der Waals surface area contributed by atoms with Crippen LogP contribution < -0.4 is 5.32 Å². The van der Waals surface area contributed by atoms with Gasteiger partial charge in [-0.3, -0.25) is 4.99 Å². The molecule has 0 amide bonds. The van der Waals surface area contributed by atoms with Crippen molar-refractivity contribution in [3.05, 3.63) is 0 Å². The Labute approximate surface area is 91.0 Å². The highest BCUT2D eigenvalue weighted by Crippen LogP contribution is 2.44. The lowest BCUT2D eigenvalue weighted by Crippen LogP contribution is -2.41. The van der Waals surface area contributed by atoms with Crippen LogP contribution in [-0.4, -0.2) is 30.1 Å². The van der Waals surface area contributed by atoms with E-state index < -0.39 is 0 Å². The van der Waals surface area contributed by atoms with E-state index in [2.05, 4.69) is 10.3 Å². The number of aliphatic hydroxyl groups is 1. The van der Waals surface area contributed by atoms with Gasteiger partial charge in [-0.2, -0.15) is 0 Å². The summed E-state index contributed by atoms with van der Waals surface area (Å²) in [5.74, 6) is 3.20. The minimum atomic E-state index is 0.258. The van der Waals surface area contributed by atoms with Crippen LogP contribution in [0.3, 0.4) is 0 Å². The van der Waals surface area contributed by atoms with E-state index in [9.17, 15) is 5.11 Å². The molecule has 0 radical (unpaired) electrons. The Bertz CT molecular complexity index is 257. The fourth-order valence-corrected chi connectivity index (χ4v) is 2.65. The predicted molar refractivity (Wildman–Crippen MR) is 59.9 cm³/mol. The molecule has 0 aromatic carbocycles. The van der Waals surface area contributed by atoms with Gasteiger partial charge < -0.3 is 10.4 Å². The number of amidine groups is 1. The first-order chi connectivity index (χ1) is 7.38. The second kappa shape index (κ2) is 3.78. The van der Waals surface area contributed by atoms with E-state index >= 15 is 0 Å². The van der Waals surface area contributed by atoms with Crippen LogP contribution >= 0.6 is 0 Å². The van der Waals surface area contributed by atoms with Crippen molar-refractivity contribution in [2.24, 2.45) is 22.7 Å². The third-order valence-electron chi connectivity index (χ3n) is 3.94. The summed E-state index contributed by atoms with van der Waals surface area (Å²) in [6.45, 7) is 1.16. The standard InChI is InChI=1S/C12H20N2O/c15-7-10-5-6-13-12(10)14-11(8-1-2-8)9-3-4-9/h8-11,15H,1-7H2,(H,13,14). The van der Waals surface area contributed by atoms with E-state index in [1.165, 1.54) is 25.7 Å². The SMILES string of the molecule is OCC1CCN=C1NC(C1CC1)C1CC1. The monoisotopic (exact) mass is 208 g/mol. The number of nitrogens with zero attached hydrogens (tertiary/aromatic N) is 1. The van der Waals surface area contributed by atoms with Crippen LogP contribution in [0.15, 0.2) is 4.99 Å². The zero-order valence-electron chi connectivity index (χ0n) is 9.15. The van der Waals surface area contributed by atoms with Gasteiger partial charge in [0.1, 0.15) is 5.84 Å². The molecular weight excluding hydrogens is 188 g/mol. The van der Waals surface area contributed by atoms with Gasteiger partial charge in [-0.25, -0.2) is 0 Å². The highest BCUT2D eigenvalue weighted by atomic mass is 16.3. The normalized spacial score (nSPS) is 30.8. The molecule has 3 heteroatoms. The Kier molecular flexibility index (Phi) is 2.43. The van der Waals surface area contributed by atoms with Gasteiger partial charge in [-0.1, -0.05) is 0 Å². The van der Waals surface area contributed by atoms with E-state index in [1.54, 1.807) is 0 Å². The lowest BCUT2D eigenvalue weighted by Gasteiger charge is -2.21. The third-order valence-corrected chi connectivity index (χ3v) is 3.94. The first kappa shape index (κ1) is 9.64. The Morgan fingerprint density at radius 1 is 1.20 bits per heavy atom. The highest BCUT2D eigenvalue weighted by molar-refractivity contribution is 5.86. The molecule has 15 heavy (non-hydrogen) atoms. The van der Waals surface area contributed by atoms with Gasteiger partial charge in [0.2, 0.25) is 0 Å². The first-order valence-electron chi connectivity index (χ1n) is 6.30. The summed E-state index contributed by atoms with van der Waals surface area (Å²) >= 11 is 0. The molecule has 1 aliphatic heterocycles. The third kappa shape index (κ3) is 2.03. The minimum Gasteiger partial charge on any atom is -0.396 e. The molecule has 2 N–H and O–H groups in total. The average molecular weight is 208 g/mol. The number of aliphatic imine (C=N–C) groups is 1. The summed E-state index contributed by atoms with van der Waals surface area (Å²) < 4.78 is 0. The van der Waals surface area contributed by atoms with Gasteiger partial charge in [0, 0.05) is 18.5 Å². The average Bonchev–Trinajstić information content (AvgIpc) is 3.14. The summed E-state index contributed by atoms with van der Waals surface area (Å²) in [6.07, 6.45) is 6.60. The van der Waals surface area contributed by atoms with Crippen LogP contribution in [0.5, 0.6) is 0 Å². The fraction of sp³-hybridized carbons (Fsp3) is 0.917. The molecule has 1 heterocycles. The summed E-state index contributed by atoms with van der Waals surface area (Å²) in [5.41, 5.74) is 0. The van der Waals surface area contributed by atoms with Crippen LogP contribution in [0, 0.1) is 17.8 Å². The van der Waals surface area contributed by atoms with Crippen molar-refractivity contribution in [1.82, 2.24) is 5.32 Å². The molecule has 3 aliphatic rings. The second-order valence-corrected chi connectivity index (χ2v) is 5.28. The van der Waals surface area contributed by atoms with E-state index in [1.807, 2.05) is 0 Å². The maximum Gasteiger partial charge on any atom is 0.102 e. The number of hydrogen-bond donors (Lipinski definition) is 2. The van der Waals surface area contributed by atoms with Crippen molar-refractivity contribution in [1.29, 1.82) is 0 Å². The quantitative estimate of drug-likeness (QED) is 0.728. The van der Waals surface area contributed by atoms with Crippen LogP contribution in [-0.2, 0) is 0 Å². The van der Waals surface area contributed by atoms with Crippen molar-refractivity contribution in [2.75, 3.05) is 13.2 Å². The maximum atomic E-state index is 9.24. The number of rotatable bonds is 4. The van der Waals surface area contributed by atoms with Gasteiger partial charge >= 0.3 is 0 Å². The molecule has 3 rings (SSSR count). The predicted octanol–water partition coefficient (Wildman–Crippen LogP) is 1.18. The van der Waals surface area contributed by atoms with Crippen LogP contribution in [0.1, 0.15) is 32.1 Å². The molecule has 1 atom stereocenters. The van der Waals surface area contributed by atoms with Gasteiger partial charge in [0.15, 0.2) is 0 Å². The number of aliphatic hydroxyl groups excluding tert-OH is 1. The summed E-state index contributed by atoms with van der Waals surface area (Å²) in [4.78, 5) is 4.49. The molecule has 0 bridgehead atoms. The molecule has 0 aromatic rings. The Balaban J connectivity index is 1.62. The summed E-state index contributed by atoms with van der Waals surface area (Å²) in [6, 6.07) is 0.677. The van der Waals surface area contributed by atoms with E-state index in [4.69, 9.17) is 0 Å². The highest BCUT2D eigenvalue weighted by Gasteiger charge is 2.42. The topological polar surface area (TPSA) is 44.6 Å².